The zero-order chi connectivity index (χ0) is 23.1. The molecule has 0 aromatic rings. The van der Waals surface area contributed by atoms with Gasteiger partial charge in [-0.2, -0.15) is 0 Å². The van der Waals surface area contributed by atoms with E-state index in [1.165, 1.54) is 21.0 Å². The summed E-state index contributed by atoms with van der Waals surface area (Å²) in [7, 11) is 1.17. The first-order valence-electron chi connectivity index (χ1n) is 9.81. The first kappa shape index (κ1) is 23.9. The molecule has 2 fully saturated rings. The lowest BCUT2D eigenvalue weighted by molar-refractivity contribution is -0.346. The second-order valence-electron chi connectivity index (χ2n) is 8.16. The third kappa shape index (κ3) is 4.42. The molecule has 1 aliphatic carbocycles. The van der Waals surface area contributed by atoms with Crippen molar-refractivity contribution in [3.8, 4) is 0 Å². The van der Waals surface area contributed by atoms with E-state index in [-0.39, 0.29) is 12.0 Å². The topological polar surface area (TPSA) is 181 Å². The fourth-order valence-electron chi connectivity index (χ4n) is 4.51. The minimum absolute atomic E-state index is 0.0326. The molecule has 3 aliphatic rings. The van der Waals surface area contributed by atoms with E-state index in [4.69, 9.17) is 23.7 Å². The lowest BCUT2D eigenvalue weighted by Crippen LogP contribution is -2.60. The van der Waals surface area contributed by atoms with Crippen LogP contribution in [0.4, 0.5) is 0 Å². The Balaban J connectivity index is 1.90. The third-order valence-corrected chi connectivity index (χ3v) is 5.96. The molecule has 0 spiro atoms. The molecule has 12 nitrogen and oxygen atoms in total. The van der Waals surface area contributed by atoms with E-state index >= 15 is 0 Å². The van der Waals surface area contributed by atoms with Crippen LogP contribution < -0.4 is 0 Å². The Kier molecular flexibility index (Phi) is 6.91. The van der Waals surface area contributed by atoms with Gasteiger partial charge < -0.3 is 49.2 Å². The highest BCUT2D eigenvalue weighted by Gasteiger charge is 2.61. The van der Waals surface area contributed by atoms with Gasteiger partial charge in [0.2, 0.25) is 6.29 Å². The molecule has 1 saturated carbocycles. The van der Waals surface area contributed by atoms with E-state index in [0.717, 1.165) is 6.26 Å². The summed E-state index contributed by atoms with van der Waals surface area (Å²) in [5, 5.41) is 50.6. The van der Waals surface area contributed by atoms with Gasteiger partial charge in [0.1, 0.15) is 30.5 Å². The van der Waals surface area contributed by atoms with Crippen LogP contribution in [-0.2, 0) is 33.3 Å². The SMILES string of the molecule is COC(=O)C1=CO[C@@H](O[C@H]2O[C@H](CO)[C@@H](O)[C@H](O)[C@@H]2O)[C@@H]2[C@H]1[C@H](OC(C)=O)C[C@]2(C)O. The molecular weight excluding hydrogens is 420 g/mol. The van der Waals surface area contributed by atoms with Crippen molar-refractivity contribution in [3.63, 3.8) is 0 Å². The van der Waals surface area contributed by atoms with E-state index in [0.29, 0.717) is 0 Å². The van der Waals surface area contributed by atoms with E-state index in [1.807, 2.05) is 0 Å². The Labute approximate surface area is 177 Å². The van der Waals surface area contributed by atoms with Gasteiger partial charge in [0.05, 0.1) is 37.1 Å². The van der Waals surface area contributed by atoms with Crippen molar-refractivity contribution in [3.05, 3.63) is 11.8 Å². The number of aliphatic hydroxyl groups is 5. The van der Waals surface area contributed by atoms with Crippen LogP contribution in [0.15, 0.2) is 11.8 Å². The summed E-state index contributed by atoms with van der Waals surface area (Å²) >= 11 is 0. The van der Waals surface area contributed by atoms with Crippen LogP contribution in [0.2, 0.25) is 0 Å². The standard InChI is InChI=1S/C19H28O12/c1-7(21)29-9-4-19(2,26)12-11(9)8(16(25)27-3)6-28-17(12)31-18-15(24)14(23)13(22)10(5-20)30-18/h6,9-15,17-18,20,22-24,26H,4-5H2,1-3H3/t9-,10-,11-,12+,13-,14+,15+,17+,18-,19+/m1/s1. The fraction of sp³-hybridized carbons (Fsp3) is 0.789. The van der Waals surface area contributed by atoms with Gasteiger partial charge in [-0.25, -0.2) is 4.79 Å². The first-order chi connectivity index (χ1) is 14.5. The molecule has 2 heterocycles. The predicted octanol–water partition coefficient (Wildman–Crippen LogP) is -2.47. The molecule has 31 heavy (non-hydrogen) atoms. The summed E-state index contributed by atoms with van der Waals surface area (Å²) in [4.78, 5) is 23.9. The number of hydrogen-bond acceptors (Lipinski definition) is 12. The summed E-state index contributed by atoms with van der Waals surface area (Å²) in [6, 6.07) is 0. The summed E-state index contributed by atoms with van der Waals surface area (Å²) in [5.74, 6) is -3.15. The summed E-state index contributed by atoms with van der Waals surface area (Å²) in [5.41, 5.74) is -1.50. The number of ether oxygens (including phenoxy) is 5. The van der Waals surface area contributed by atoms with Crippen molar-refractivity contribution in [1.29, 1.82) is 0 Å². The zero-order valence-corrected chi connectivity index (χ0v) is 17.3. The van der Waals surface area contributed by atoms with Crippen molar-refractivity contribution in [1.82, 2.24) is 0 Å². The molecule has 0 radical (unpaired) electrons. The van der Waals surface area contributed by atoms with E-state index < -0.39 is 79.1 Å². The van der Waals surface area contributed by atoms with Gasteiger partial charge in [0, 0.05) is 19.3 Å². The molecule has 0 aromatic carbocycles. The molecule has 0 amide bonds. The van der Waals surface area contributed by atoms with Crippen LogP contribution in [0, 0.1) is 11.8 Å². The Hall–Kier alpha value is -1.80. The van der Waals surface area contributed by atoms with Gasteiger partial charge in [-0.15, -0.1) is 0 Å². The third-order valence-electron chi connectivity index (χ3n) is 5.96. The molecular formula is C19H28O12. The number of esters is 2. The van der Waals surface area contributed by atoms with Gasteiger partial charge in [0.15, 0.2) is 6.29 Å². The predicted molar refractivity (Wildman–Crippen MR) is 97.6 cm³/mol. The molecule has 0 aromatic heterocycles. The monoisotopic (exact) mass is 448 g/mol. The number of aliphatic hydroxyl groups excluding tert-OH is 4. The van der Waals surface area contributed by atoms with Crippen molar-refractivity contribution >= 4 is 11.9 Å². The van der Waals surface area contributed by atoms with Crippen LogP contribution in [-0.4, -0.2) is 99.9 Å². The highest BCUT2D eigenvalue weighted by Crippen LogP contribution is 2.50. The van der Waals surface area contributed by atoms with Crippen LogP contribution in [0.1, 0.15) is 20.3 Å². The van der Waals surface area contributed by atoms with Gasteiger partial charge in [-0.3, -0.25) is 4.79 Å². The average Bonchev–Trinajstić information content (AvgIpc) is 2.98. The van der Waals surface area contributed by atoms with Gasteiger partial charge in [-0.05, 0) is 6.92 Å². The average molecular weight is 448 g/mol. The van der Waals surface area contributed by atoms with Gasteiger partial charge in [-0.1, -0.05) is 0 Å². The second-order valence-corrected chi connectivity index (χ2v) is 8.16. The Morgan fingerprint density at radius 1 is 1.19 bits per heavy atom. The largest absolute Gasteiger partial charge is 0.471 e. The first-order valence-corrected chi connectivity index (χ1v) is 9.81. The minimum atomic E-state index is -1.69. The molecule has 5 N–H and O–H groups in total. The van der Waals surface area contributed by atoms with Crippen molar-refractivity contribution in [2.45, 2.75) is 69.0 Å². The number of fused-ring (bicyclic) bond motifs is 1. The molecule has 3 rings (SSSR count). The van der Waals surface area contributed by atoms with Crippen LogP contribution in [0.25, 0.3) is 0 Å². The summed E-state index contributed by atoms with van der Waals surface area (Å²) < 4.78 is 26.6. The summed E-state index contributed by atoms with van der Waals surface area (Å²) in [6.45, 7) is 2.01. The van der Waals surface area contributed by atoms with Crippen LogP contribution in [0.3, 0.4) is 0 Å². The van der Waals surface area contributed by atoms with Gasteiger partial charge >= 0.3 is 11.9 Å². The number of hydrogen-bond donors (Lipinski definition) is 5. The van der Waals surface area contributed by atoms with E-state index in [2.05, 4.69) is 0 Å². The summed E-state index contributed by atoms with van der Waals surface area (Å²) in [6.07, 6.45) is -8.82. The van der Waals surface area contributed by atoms with E-state index in [9.17, 15) is 35.1 Å². The van der Waals surface area contributed by atoms with Gasteiger partial charge in [0.25, 0.3) is 0 Å². The molecule has 0 unspecified atom stereocenters. The number of carbonyl (C=O) groups excluding carboxylic acids is 2. The van der Waals surface area contributed by atoms with E-state index in [1.54, 1.807) is 0 Å². The van der Waals surface area contributed by atoms with Crippen LogP contribution >= 0.6 is 0 Å². The maximum absolute atomic E-state index is 12.3. The molecule has 10 atom stereocenters. The van der Waals surface area contributed by atoms with Crippen molar-refractivity contribution in [2.75, 3.05) is 13.7 Å². The normalized spacial score (nSPS) is 44.6. The molecule has 12 heteroatoms. The second kappa shape index (κ2) is 8.98. The smallest absolute Gasteiger partial charge is 0.337 e. The Morgan fingerprint density at radius 2 is 1.87 bits per heavy atom. The molecule has 176 valence electrons. The quantitative estimate of drug-likeness (QED) is 0.280. The molecule has 2 aliphatic heterocycles. The van der Waals surface area contributed by atoms with Crippen molar-refractivity contribution < 1.29 is 58.8 Å². The minimum Gasteiger partial charge on any atom is -0.471 e. The maximum atomic E-state index is 12.3. The zero-order valence-electron chi connectivity index (χ0n) is 17.3. The number of carbonyl (C=O) groups is 2. The Bertz CT molecular complexity index is 719. The van der Waals surface area contributed by atoms with Crippen molar-refractivity contribution in [2.24, 2.45) is 11.8 Å². The fourth-order valence-corrected chi connectivity index (χ4v) is 4.51. The maximum Gasteiger partial charge on any atom is 0.337 e. The molecule has 0 bridgehead atoms. The lowest BCUT2D eigenvalue weighted by atomic mass is 9.80. The highest BCUT2D eigenvalue weighted by molar-refractivity contribution is 5.89. The van der Waals surface area contributed by atoms with Crippen LogP contribution in [0.5, 0.6) is 0 Å². The number of methoxy groups -OCH3 is 1. The Morgan fingerprint density at radius 3 is 2.45 bits per heavy atom. The number of rotatable bonds is 5. The highest BCUT2D eigenvalue weighted by atomic mass is 16.8. The molecule has 1 saturated heterocycles. The lowest BCUT2D eigenvalue weighted by Gasteiger charge is -2.44.